The summed E-state index contributed by atoms with van der Waals surface area (Å²) < 4.78 is 45.8. The molecule has 4 rings (SSSR count). The molecule has 7 heteroatoms. The van der Waals surface area contributed by atoms with Crippen LogP contribution in [0, 0.1) is 0 Å². The Morgan fingerprint density at radius 1 is 1.00 bits per heavy atom. The van der Waals surface area contributed by atoms with Gasteiger partial charge in [0.15, 0.2) is 0 Å². The van der Waals surface area contributed by atoms with Gasteiger partial charge < -0.3 is 4.74 Å². The fourth-order valence-corrected chi connectivity index (χ4v) is 3.69. The summed E-state index contributed by atoms with van der Waals surface area (Å²) in [4.78, 5) is 11.0. The molecular weight excluding hydrogens is 391 g/mol. The van der Waals surface area contributed by atoms with E-state index in [0.717, 1.165) is 24.8 Å². The van der Waals surface area contributed by atoms with E-state index in [1.165, 1.54) is 17.7 Å². The molecule has 0 saturated carbocycles. The molecule has 1 aromatic carbocycles. The van der Waals surface area contributed by atoms with Gasteiger partial charge in [0, 0.05) is 44.1 Å². The van der Waals surface area contributed by atoms with E-state index in [1.807, 2.05) is 24.3 Å². The second kappa shape index (κ2) is 8.93. The van der Waals surface area contributed by atoms with Crippen molar-refractivity contribution in [3.8, 4) is 0 Å². The minimum absolute atomic E-state index is 0.122. The van der Waals surface area contributed by atoms with Crippen LogP contribution in [-0.4, -0.2) is 34.6 Å². The zero-order chi connectivity index (χ0) is 21.0. The van der Waals surface area contributed by atoms with Crippen molar-refractivity contribution in [1.82, 2.24) is 14.9 Å². The highest BCUT2D eigenvalue weighted by atomic mass is 19.4. The fourth-order valence-electron chi connectivity index (χ4n) is 3.69. The number of ether oxygens (including phenoxy) is 1. The molecule has 0 spiro atoms. The molecule has 30 heavy (non-hydrogen) atoms. The van der Waals surface area contributed by atoms with Crippen LogP contribution >= 0.6 is 0 Å². The minimum atomic E-state index is -4.38. The molecule has 4 nitrogen and oxygen atoms in total. The second-order valence-corrected chi connectivity index (χ2v) is 7.34. The van der Waals surface area contributed by atoms with Crippen LogP contribution in [0.25, 0.3) is 0 Å². The van der Waals surface area contributed by atoms with E-state index in [0.29, 0.717) is 18.8 Å². The van der Waals surface area contributed by atoms with Crippen LogP contribution in [-0.2, 0) is 23.9 Å². The second-order valence-electron chi connectivity index (χ2n) is 7.34. The lowest BCUT2D eigenvalue weighted by atomic mass is 10.0. The van der Waals surface area contributed by atoms with Gasteiger partial charge >= 0.3 is 6.18 Å². The van der Waals surface area contributed by atoms with Crippen LogP contribution in [0.15, 0.2) is 67.0 Å². The highest BCUT2D eigenvalue weighted by Gasteiger charge is 2.33. The van der Waals surface area contributed by atoms with E-state index in [9.17, 15) is 13.2 Å². The first kappa shape index (κ1) is 20.5. The average Bonchev–Trinajstić information content (AvgIpc) is 2.75. The Balaban J connectivity index is 1.48. The summed E-state index contributed by atoms with van der Waals surface area (Å²) >= 11 is 0. The summed E-state index contributed by atoms with van der Waals surface area (Å²) in [6, 6.07) is 15.1. The van der Waals surface area contributed by atoms with E-state index in [1.54, 1.807) is 24.5 Å². The molecule has 0 amide bonds. The average molecular weight is 413 g/mol. The number of rotatable bonds is 5. The number of alkyl halides is 3. The van der Waals surface area contributed by atoms with Crippen molar-refractivity contribution in [2.75, 3.05) is 19.7 Å². The number of pyridine rings is 2. The molecule has 1 saturated heterocycles. The molecule has 156 valence electrons. The Morgan fingerprint density at radius 3 is 2.60 bits per heavy atom. The SMILES string of the molecule is FC(F)(F)c1ccccc1Cc1cccc([C@@H]2CN(Cc3ccncc3)CCO2)n1. The summed E-state index contributed by atoms with van der Waals surface area (Å²) in [7, 11) is 0. The van der Waals surface area contributed by atoms with Crippen molar-refractivity contribution in [2.24, 2.45) is 0 Å². The predicted octanol–water partition coefficient (Wildman–Crippen LogP) is 4.66. The highest BCUT2D eigenvalue weighted by molar-refractivity contribution is 5.33. The third kappa shape index (κ3) is 5.04. The lowest BCUT2D eigenvalue weighted by Gasteiger charge is -2.32. The summed E-state index contributed by atoms with van der Waals surface area (Å²) in [6.07, 6.45) is -0.919. The zero-order valence-corrected chi connectivity index (χ0v) is 16.3. The zero-order valence-electron chi connectivity index (χ0n) is 16.3. The molecule has 0 bridgehead atoms. The van der Waals surface area contributed by atoms with Crippen molar-refractivity contribution in [3.63, 3.8) is 0 Å². The van der Waals surface area contributed by atoms with Crippen LogP contribution < -0.4 is 0 Å². The molecule has 1 fully saturated rings. The first-order chi connectivity index (χ1) is 14.5. The smallest absolute Gasteiger partial charge is 0.369 e. The van der Waals surface area contributed by atoms with E-state index < -0.39 is 11.7 Å². The number of aromatic nitrogens is 2. The van der Waals surface area contributed by atoms with Crippen molar-refractivity contribution in [3.05, 3.63) is 95.1 Å². The van der Waals surface area contributed by atoms with E-state index in [4.69, 9.17) is 4.74 Å². The largest absolute Gasteiger partial charge is 0.416 e. The van der Waals surface area contributed by atoms with Crippen molar-refractivity contribution >= 4 is 0 Å². The van der Waals surface area contributed by atoms with Gasteiger partial charge in [-0.25, -0.2) is 0 Å². The molecule has 2 aromatic heterocycles. The van der Waals surface area contributed by atoms with Crippen molar-refractivity contribution in [1.29, 1.82) is 0 Å². The van der Waals surface area contributed by atoms with Gasteiger partial charge in [0.2, 0.25) is 0 Å². The first-order valence-corrected chi connectivity index (χ1v) is 9.83. The molecule has 0 N–H and O–H groups in total. The molecule has 1 atom stereocenters. The Morgan fingerprint density at radius 2 is 1.80 bits per heavy atom. The van der Waals surface area contributed by atoms with Gasteiger partial charge in [0.25, 0.3) is 0 Å². The maximum absolute atomic E-state index is 13.3. The van der Waals surface area contributed by atoms with Crippen LogP contribution in [0.5, 0.6) is 0 Å². The number of hydrogen-bond acceptors (Lipinski definition) is 4. The van der Waals surface area contributed by atoms with Gasteiger partial charge in [-0.1, -0.05) is 24.3 Å². The maximum atomic E-state index is 13.3. The van der Waals surface area contributed by atoms with Crippen LogP contribution in [0.3, 0.4) is 0 Å². The third-order valence-electron chi connectivity index (χ3n) is 5.16. The standard InChI is InChI=1S/C23H22F3N3O/c24-23(25,26)20-6-2-1-4-18(20)14-19-5-3-7-21(28-19)22-16-29(12-13-30-22)15-17-8-10-27-11-9-17/h1-11,22H,12-16H2/t22-/m0/s1. The quantitative estimate of drug-likeness (QED) is 0.610. The van der Waals surface area contributed by atoms with E-state index >= 15 is 0 Å². The number of nitrogens with zero attached hydrogens (tertiary/aromatic N) is 3. The summed E-state index contributed by atoms with van der Waals surface area (Å²) in [5, 5.41) is 0. The molecule has 0 radical (unpaired) electrons. The topological polar surface area (TPSA) is 38.2 Å². The van der Waals surface area contributed by atoms with Gasteiger partial charge in [-0.15, -0.1) is 0 Å². The Labute approximate surface area is 173 Å². The molecule has 0 aliphatic carbocycles. The van der Waals surface area contributed by atoms with Crippen LogP contribution in [0.2, 0.25) is 0 Å². The third-order valence-corrected chi connectivity index (χ3v) is 5.16. The Hall–Kier alpha value is -2.77. The number of halogens is 3. The predicted molar refractivity (Wildman–Crippen MR) is 107 cm³/mol. The summed E-state index contributed by atoms with van der Waals surface area (Å²) in [5.41, 5.74) is 2.12. The van der Waals surface area contributed by atoms with E-state index in [2.05, 4.69) is 14.9 Å². The summed E-state index contributed by atoms with van der Waals surface area (Å²) in [5.74, 6) is 0. The number of morpholine rings is 1. The lowest BCUT2D eigenvalue weighted by Crippen LogP contribution is -2.38. The van der Waals surface area contributed by atoms with Crippen molar-refractivity contribution in [2.45, 2.75) is 25.2 Å². The molecule has 0 unspecified atom stereocenters. The number of benzene rings is 1. The van der Waals surface area contributed by atoms with E-state index in [-0.39, 0.29) is 18.1 Å². The van der Waals surface area contributed by atoms with Crippen LogP contribution in [0.4, 0.5) is 13.2 Å². The van der Waals surface area contributed by atoms with Gasteiger partial charge in [-0.3, -0.25) is 14.9 Å². The fraction of sp³-hybridized carbons (Fsp3) is 0.304. The minimum Gasteiger partial charge on any atom is -0.369 e. The first-order valence-electron chi connectivity index (χ1n) is 9.83. The maximum Gasteiger partial charge on any atom is 0.416 e. The molecule has 3 heterocycles. The lowest BCUT2D eigenvalue weighted by molar-refractivity contribution is -0.138. The normalized spacial score (nSPS) is 17.8. The molecule has 1 aliphatic heterocycles. The number of hydrogen-bond donors (Lipinski definition) is 0. The monoisotopic (exact) mass is 413 g/mol. The Bertz CT molecular complexity index is 979. The summed E-state index contributed by atoms with van der Waals surface area (Å²) in [6.45, 7) is 2.87. The molecule has 1 aliphatic rings. The van der Waals surface area contributed by atoms with Gasteiger partial charge in [-0.05, 0) is 41.5 Å². The van der Waals surface area contributed by atoms with Gasteiger partial charge in [-0.2, -0.15) is 13.2 Å². The van der Waals surface area contributed by atoms with Crippen LogP contribution in [0.1, 0.15) is 34.2 Å². The Kier molecular flexibility index (Phi) is 6.11. The molecular formula is C23H22F3N3O. The molecule has 3 aromatic rings. The highest BCUT2D eigenvalue weighted by Crippen LogP contribution is 2.33. The van der Waals surface area contributed by atoms with Gasteiger partial charge in [0.1, 0.15) is 6.10 Å². The van der Waals surface area contributed by atoms with Gasteiger partial charge in [0.05, 0.1) is 17.9 Å². The van der Waals surface area contributed by atoms with Crippen molar-refractivity contribution < 1.29 is 17.9 Å².